The molecule has 0 atom stereocenters. The second-order valence-corrected chi connectivity index (χ2v) is 5.83. The highest BCUT2D eigenvalue weighted by Gasteiger charge is 2.09. The van der Waals surface area contributed by atoms with Gasteiger partial charge in [-0.3, -0.25) is 0 Å². The average molecular weight is 319 g/mol. The molecule has 3 nitrogen and oxygen atoms in total. The zero-order chi connectivity index (χ0) is 16.9. The molecule has 0 saturated heterocycles. The van der Waals surface area contributed by atoms with E-state index in [0.29, 0.717) is 0 Å². The highest BCUT2D eigenvalue weighted by Crippen LogP contribution is 2.29. The number of pyridine rings is 1. The number of nitrogens with zero attached hydrogens (tertiary/aromatic N) is 1. The standard InChI is InChI=1S/C21H21NO2/c1-15(2)24-19-13-20(16-7-5-4-6-8-16)22-21(14-19)17-9-11-18(23-3)12-10-17/h4-15H,1-3H3. The van der Waals surface area contributed by atoms with Crippen molar-refractivity contribution in [3.8, 4) is 34.0 Å². The number of rotatable bonds is 5. The first kappa shape index (κ1) is 16.1. The van der Waals surface area contributed by atoms with Gasteiger partial charge < -0.3 is 9.47 Å². The second-order valence-electron chi connectivity index (χ2n) is 5.83. The first-order valence-electron chi connectivity index (χ1n) is 8.04. The third-order valence-corrected chi connectivity index (χ3v) is 3.63. The van der Waals surface area contributed by atoms with Crippen LogP contribution in [0.5, 0.6) is 11.5 Å². The molecular formula is C21H21NO2. The molecule has 1 heterocycles. The van der Waals surface area contributed by atoms with Crippen molar-refractivity contribution in [1.82, 2.24) is 4.98 Å². The predicted octanol–water partition coefficient (Wildman–Crippen LogP) is 5.21. The Balaban J connectivity index is 2.07. The molecule has 3 rings (SSSR count). The van der Waals surface area contributed by atoms with Crippen LogP contribution in [0.3, 0.4) is 0 Å². The van der Waals surface area contributed by atoms with Gasteiger partial charge >= 0.3 is 0 Å². The molecule has 3 aromatic rings. The molecule has 0 N–H and O–H groups in total. The van der Waals surface area contributed by atoms with Crippen molar-refractivity contribution < 1.29 is 9.47 Å². The summed E-state index contributed by atoms with van der Waals surface area (Å²) in [5, 5.41) is 0. The van der Waals surface area contributed by atoms with Gasteiger partial charge in [0, 0.05) is 23.3 Å². The lowest BCUT2D eigenvalue weighted by molar-refractivity contribution is 0.242. The van der Waals surface area contributed by atoms with Gasteiger partial charge in [0.15, 0.2) is 0 Å². The zero-order valence-electron chi connectivity index (χ0n) is 14.2. The van der Waals surface area contributed by atoms with Gasteiger partial charge in [-0.15, -0.1) is 0 Å². The van der Waals surface area contributed by atoms with Crippen LogP contribution in [-0.2, 0) is 0 Å². The summed E-state index contributed by atoms with van der Waals surface area (Å²) in [5.74, 6) is 1.65. The molecule has 2 aromatic carbocycles. The third kappa shape index (κ3) is 3.74. The number of benzene rings is 2. The summed E-state index contributed by atoms with van der Waals surface area (Å²) in [7, 11) is 1.66. The van der Waals surface area contributed by atoms with E-state index in [0.717, 1.165) is 34.0 Å². The lowest BCUT2D eigenvalue weighted by Crippen LogP contribution is -2.06. The Hall–Kier alpha value is -2.81. The van der Waals surface area contributed by atoms with E-state index in [1.165, 1.54) is 0 Å². The Labute approximate surface area is 142 Å². The van der Waals surface area contributed by atoms with Crippen molar-refractivity contribution in [3.63, 3.8) is 0 Å². The largest absolute Gasteiger partial charge is 0.497 e. The van der Waals surface area contributed by atoms with E-state index in [9.17, 15) is 0 Å². The number of aromatic nitrogens is 1. The maximum Gasteiger partial charge on any atom is 0.124 e. The topological polar surface area (TPSA) is 31.4 Å². The Morgan fingerprint density at radius 1 is 0.750 bits per heavy atom. The molecular weight excluding hydrogens is 298 g/mol. The Morgan fingerprint density at radius 2 is 1.33 bits per heavy atom. The molecule has 0 aliphatic rings. The summed E-state index contributed by atoms with van der Waals surface area (Å²) >= 11 is 0. The molecule has 1 aromatic heterocycles. The molecule has 0 saturated carbocycles. The van der Waals surface area contributed by atoms with Gasteiger partial charge in [0.2, 0.25) is 0 Å². The van der Waals surface area contributed by atoms with Gasteiger partial charge in [0.25, 0.3) is 0 Å². The van der Waals surface area contributed by atoms with E-state index in [1.807, 2.05) is 68.4 Å². The van der Waals surface area contributed by atoms with Crippen LogP contribution in [0.1, 0.15) is 13.8 Å². The van der Waals surface area contributed by atoms with E-state index in [2.05, 4.69) is 12.1 Å². The summed E-state index contributed by atoms with van der Waals surface area (Å²) in [6.07, 6.45) is 0.111. The van der Waals surface area contributed by atoms with Crippen LogP contribution in [0.25, 0.3) is 22.5 Å². The minimum atomic E-state index is 0.111. The van der Waals surface area contributed by atoms with E-state index in [1.54, 1.807) is 7.11 Å². The zero-order valence-corrected chi connectivity index (χ0v) is 14.2. The Morgan fingerprint density at radius 3 is 1.88 bits per heavy atom. The third-order valence-electron chi connectivity index (χ3n) is 3.63. The van der Waals surface area contributed by atoms with Gasteiger partial charge in [-0.2, -0.15) is 0 Å². The van der Waals surface area contributed by atoms with Crippen molar-refractivity contribution in [1.29, 1.82) is 0 Å². The lowest BCUT2D eigenvalue weighted by atomic mass is 10.1. The molecule has 0 aliphatic carbocycles. The predicted molar refractivity (Wildman–Crippen MR) is 97.4 cm³/mol. The maximum absolute atomic E-state index is 5.92. The summed E-state index contributed by atoms with van der Waals surface area (Å²) in [5.41, 5.74) is 3.89. The summed E-state index contributed by atoms with van der Waals surface area (Å²) in [4.78, 5) is 4.82. The quantitative estimate of drug-likeness (QED) is 0.647. The van der Waals surface area contributed by atoms with Gasteiger partial charge in [0.1, 0.15) is 11.5 Å². The van der Waals surface area contributed by atoms with Crippen LogP contribution < -0.4 is 9.47 Å². The highest BCUT2D eigenvalue weighted by atomic mass is 16.5. The van der Waals surface area contributed by atoms with E-state index in [4.69, 9.17) is 14.5 Å². The number of methoxy groups -OCH3 is 1. The summed E-state index contributed by atoms with van der Waals surface area (Å²) in [6, 6.07) is 22.0. The highest BCUT2D eigenvalue weighted by molar-refractivity contribution is 5.68. The molecule has 24 heavy (non-hydrogen) atoms. The van der Waals surface area contributed by atoms with Crippen molar-refractivity contribution >= 4 is 0 Å². The smallest absolute Gasteiger partial charge is 0.124 e. The normalized spacial score (nSPS) is 10.7. The van der Waals surface area contributed by atoms with Crippen molar-refractivity contribution in [2.24, 2.45) is 0 Å². The van der Waals surface area contributed by atoms with Gasteiger partial charge in [-0.05, 0) is 38.1 Å². The van der Waals surface area contributed by atoms with Crippen molar-refractivity contribution in [3.05, 3.63) is 66.7 Å². The Bertz CT molecular complexity index is 796. The number of ether oxygens (including phenoxy) is 2. The van der Waals surface area contributed by atoms with Crippen molar-refractivity contribution in [2.45, 2.75) is 20.0 Å². The lowest BCUT2D eigenvalue weighted by Gasteiger charge is -2.13. The fourth-order valence-corrected chi connectivity index (χ4v) is 2.51. The van der Waals surface area contributed by atoms with Gasteiger partial charge in [-0.25, -0.2) is 4.98 Å². The molecule has 0 amide bonds. The molecule has 0 fully saturated rings. The minimum Gasteiger partial charge on any atom is -0.497 e. The van der Waals surface area contributed by atoms with E-state index in [-0.39, 0.29) is 6.10 Å². The molecule has 3 heteroatoms. The monoisotopic (exact) mass is 319 g/mol. The summed E-state index contributed by atoms with van der Waals surface area (Å²) < 4.78 is 11.1. The molecule has 0 spiro atoms. The van der Waals surface area contributed by atoms with Crippen LogP contribution in [0.4, 0.5) is 0 Å². The van der Waals surface area contributed by atoms with Crippen molar-refractivity contribution in [2.75, 3.05) is 7.11 Å². The first-order chi connectivity index (χ1) is 11.7. The molecule has 0 unspecified atom stereocenters. The number of hydrogen-bond acceptors (Lipinski definition) is 3. The van der Waals surface area contributed by atoms with Gasteiger partial charge in [0.05, 0.1) is 24.6 Å². The Kier molecular flexibility index (Phi) is 4.80. The minimum absolute atomic E-state index is 0.111. The van der Waals surface area contributed by atoms with E-state index >= 15 is 0 Å². The van der Waals surface area contributed by atoms with Crippen LogP contribution in [0, 0.1) is 0 Å². The SMILES string of the molecule is COc1ccc(-c2cc(OC(C)C)cc(-c3ccccc3)n2)cc1. The maximum atomic E-state index is 5.92. The van der Waals surface area contributed by atoms with Crippen LogP contribution in [0.15, 0.2) is 66.7 Å². The molecule has 0 bridgehead atoms. The van der Waals surface area contributed by atoms with Crippen LogP contribution in [0.2, 0.25) is 0 Å². The number of hydrogen-bond donors (Lipinski definition) is 0. The molecule has 0 radical (unpaired) electrons. The molecule has 122 valence electrons. The van der Waals surface area contributed by atoms with Crippen LogP contribution >= 0.6 is 0 Å². The molecule has 0 aliphatic heterocycles. The van der Waals surface area contributed by atoms with Gasteiger partial charge in [-0.1, -0.05) is 30.3 Å². The fourth-order valence-electron chi connectivity index (χ4n) is 2.51. The van der Waals surface area contributed by atoms with E-state index < -0.39 is 0 Å². The first-order valence-corrected chi connectivity index (χ1v) is 8.04. The summed E-state index contributed by atoms with van der Waals surface area (Å²) in [6.45, 7) is 4.05. The fraction of sp³-hybridized carbons (Fsp3) is 0.190. The van der Waals surface area contributed by atoms with Crippen LogP contribution in [-0.4, -0.2) is 18.2 Å². The average Bonchev–Trinajstić information content (AvgIpc) is 2.62. The second kappa shape index (κ2) is 7.18.